The zero-order chi connectivity index (χ0) is 12.8. The van der Waals surface area contributed by atoms with Gasteiger partial charge < -0.3 is 0 Å². The maximum Gasteiger partial charge on any atom is 0.250 e. The summed E-state index contributed by atoms with van der Waals surface area (Å²) < 4.78 is 27.7. The topological polar surface area (TPSA) is 46.2 Å². The van der Waals surface area contributed by atoms with E-state index in [4.69, 9.17) is 11.6 Å². The Morgan fingerprint density at radius 2 is 2.17 bits per heavy atom. The number of fused-ring (bicyclic) bond motifs is 2. The molecular formula is C12H16ClNO2S2. The van der Waals surface area contributed by atoms with Crippen molar-refractivity contribution in [3.8, 4) is 0 Å². The molecular weight excluding hydrogens is 290 g/mol. The van der Waals surface area contributed by atoms with Gasteiger partial charge in [-0.15, -0.1) is 11.3 Å². The van der Waals surface area contributed by atoms with Gasteiger partial charge in [-0.25, -0.2) is 13.1 Å². The first kappa shape index (κ1) is 12.9. The van der Waals surface area contributed by atoms with Crippen LogP contribution in [0.25, 0.3) is 0 Å². The van der Waals surface area contributed by atoms with Gasteiger partial charge in [0.15, 0.2) is 0 Å². The molecule has 0 spiro atoms. The van der Waals surface area contributed by atoms with Crippen molar-refractivity contribution in [3.63, 3.8) is 0 Å². The van der Waals surface area contributed by atoms with Crippen LogP contribution in [0.3, 0.4) is 0 Å². The highest BCUT2D eigenvalue weighted by Crippen LogP contribution is 2.48. The zero-order valence-electron chi connectivity index (χ0n) is 9.93. The molecule has 3 atom stereocenters. The van der Waals surface area contributed by atoms with E-state index in [0.29, 0.717) is 21.0 Å². The average Bonchev–Trinajstić information content (AvgIpc) is 3.01. The quantitative estimate of drug-likeness (QED) is 0.929. The van der Waals surface area contributed by atoms with Gasteiger partial charge in [-0.05, 0) is 49.1 Å². The summed E-state index contributed by atoms with van der Waals surface area (Å²) in [6, 6.07) is 3.19. The maximum atomic E-state index is 12.0. The Hall–Kier alpha value is -0.100. The van der Waals surface area contributed by atoms with Crippen LogP contribution in [-0.4, -0.2) is 15.0 Å². The summed E-state index contributed by atoms with van der Waals surface area (Å²) >= 11 is 6.88. The van der Waals surface area contributed by atoms with Crippen molar-refractivity contribution in [2.24, 2.45) is 17.8 Å². The van der Waals surface area contributed by atoms with E-state index in [-0.39, 0.29) is 0 Å². The van der Waals surface area contributed by atoms with Crippen molar-refractivity contribution in [2.75, 3.05) is 6.54 Å². The molecule has 1 N–H and O–H groups in total. The van der Waals surface area contributed by atoms with E-state index in [9.17, 15) is 8.42 Å². The van der Waals surface area contributed by atoms with Gasteiger partial charge in [0.1, 0.15) is 4.21 Å². The van der Waals surface area contributed by atoms with Crippen LogP contribution in [0.4, 0.5) is 0 Å². The molecule has 1 aromatic rings. The fourth-order valence-electron chi connectivity index (χ4n) is 3.36. The first-order valence-corrected chi connectivity index (χ1v) is 8.97. The van der Waals surface area contributed by atoms with Crippen molar-refractivity contribution < 1.29 is 8.42 Å². The van der Waals surface area contributed by atoms with Crippen LogP contribution in [0, 0.1) is 17.8 Å². The first-order chi connectivity index (χ1) is 8.54. The molecule has 2 saturated carbocycles. The fourth-order valence-corrected chi connectivity index (χ4v) is 5.98. The molecule has 0 aromatic carbocycles. The molecule has 2 bridgehead atoms. The molecule has 0 unspecified atom stereocenters. The van der Waals surface area contributed by atoms with Crippen LogP contribution in [0.1, 0.15) is 25.7 Å². The van der Waals surface area contributed by atoms with Crippen LogP contribution < -0.4 is 4.72 Å². The molecule has 0 amide bonds. The molecule has 18 heavy (non-hydrogen) atoms. The van der Waals surface area contributed by atoms with Gasteiger partial charge in [0.25, 0.3) is 0 Å². The van der Waals surface area contributed by atoms with Gasteiger partial charge in [0, 0.05) is 6.54 Å². The highest BCUT2D eigenvalue weighted by molar-refractivity contribution is 7.91. The van der Waals surface area contributed by atoms with Gasteiger partial charge in [-0.2, -0.15) is 0 Å². The fraction of sp³-hybridized carbons (Fsp3) is 0.667. The lowest BCUT2D eigenvalue weighted by atomic mass is 9.89. The van der Waals surface area contributed by atoms with Crippen LogP contribution in [0.2, 0.25) is 4.34 Å². The van der Waals surface area contributed by atoms with E-state index in [1.807, 2.05) is 0 Å². The van der Waals surface area contributed by atoms with Crippen LogP contribution in [0.15, 0.2) is 16.3 Å². The molecule has 3 nitrogen and oxygen atoms in total. The molecule has 2 fully saturated rings. The van der Waals surface area contributed by atoms with E-state index < -0.39 is 10.0 Å². The highest BCUT2D eigenvalue weighted by Gasteiger charge is 2.39. The molecule has 0 radical (unpaired) electrons. The van der Waals surface area contributed by atoms with Gasteiger partial charge >= 0.3 is 0 Å². The molecule has 0 saturated heterocycles. The Morgan fingerprint density at radius 3 is 2.72 bits per heavy atom. The number of rotatable bonds is 4. The number of nitrogens with one attached hydrogen (secondary N) is 1. The smallest absolute Gasteiger partial charge is 0.210 e. The third kappa shape index (κ3) is 2.46. The zero-order valence-corrected chi connectivity index (χ0v) is 12.3. The van der Waals surface area contributed by atoms with E-state index in [1.165, 1.54) is 25.7 Å². The van der Waals surface area contributed by atoms with Gasteiger partial charge in [-0.1, -0.05) is 18.0 Å². The molecule has 3 rings (SSSR count). The first-order valence-electron chi connectivity index (χ1n) is 6.29. The minimum atomic E-state index is -3.36. The molecule has 1 heterocycles. The SMILES string of the molecule is O=S(=O)(NC[C@H]1C[C@H]2CC[C@H]1C2)c1ccc(Cl)s1. The van der Waals surface area contributed by atoms with E-state index in [1.54, 1.807) is 12.1 Å². The summed E-state index contributed by atoms with van der Waals surface area (Å²) in [5, 5.41) is 0. The minimum Gasteiger partial charge on any atom is -0.210 e. The second-order valence-corrected chi connectivity index (χ2v) is 9.05. The third-order valence-corrected chi connectivity index (χ3v) is 7.38. The van der Waals surface area contributed by atoms with Crippen molar-refractivity contribution in [2.45, 2.75) is 29.9 Å². The maximum absolute atomic E-state index is 12.0. The van der Waals surface area contributed by atoms with Gasteiger partial charge in [-0.3, -0.25) is 0 Å². The lowest BCUT2D eigenvalue weighted by Gasteiger charge is -2.21. The summed E-state index contributed by atoms with van der Waals surface area (Å²) in [7, 11) is -3.36. The molecule has 2 aliphatic rings. The Balaban J connectivity index is 1.63. The Bertz CT molecular complexity index is 540. The Kier molecular flexibility index (Phi) is 3.43. The second kappa shape index (κ2) is 4.78. The second-order valence-electron chi connectivity index (χ2n) is 5.35. The predicted octanol–water partition coefficient (Wildman–Crippen LogP) is 3.12. The predicted molar refractivity (Wildman–Crippen MR) is 73.5 cm³/mol. The van der Waals surface area contributed by atoms with Crippen molar-refractivity contribution in [1.82, 2.24) is 4.72 Å². The highest BCUT2D eigenvalue weighted by atomic mass is 35.5. The Morgan fingerprint density at radius 1 is 1.33 bits per heavy atom. The third-order valence-electron chi connectivity index (χ3n) is 4.23. The van der Waals surface area contributed by atoms with E-state index >= 15 is 0 Å². The molecule has 6 heteroatoms. The lowest BCUT2D eigenvalue weighted by Crippen LogP contribution is -2.31. The van der Waals surface area contributed by atoms with Crippen molar-refractivity contribution in [3.05, 3.63) is 16.5 Å². The summed E-state index contributed by atoms with van der Waals surface area (Å²) in [5.41, 5.74) is 0. The largest absolute Gasteiger partial charge is 0.250 e. The molecule has 2 aliphatic carbocycles. The number of sulfonamides is 1. The molecule has 0 aliphatic heterocycles. The summed E-state index contributed by atoms with van der Waals surface area (Å²) in [4.78, 5) is 0. The molecule has 1 aromatic heterocycles. The Labute approximate surface area is 117 Å². The summed E-state index contributed by atoms with van der Waals surface area (Å²) in [5.74, 6) is 2.12. The van der Waals surface area contributed by atoms with Crippen molar-refractivity contribution in [1.29, 1.82) is 0 Å². The minimum absolute atomic E-state index is 0.315. The molecule has 100 valence electrons. The number of hydrogen-bond acceptors (Lipinski definition) is 3. The lowest BCUT2D eigenvalue weighted by molar-refractivity contribution is 0.333. The monoisotopic (exact) mass is 305 g/mol. The van der Waals surface area contributed by atoms with Gasteiger partial charge in [0.05, 0.1) is 4.34 Å². The summed E-state index contributed by atoms with van der Waals surface area (Å²) in [6.07, 6.45) is 5.12. The van der Waals surface area contributed by atoms with E-state index in [2.05, 4.69) is 4.72 Å². The average molecular weight is 306 g/mol. The number of thiophene rings is 1. The van der Waals surface area contributed by atoms with E-state index in [0.717, 1.165) is 23.2 Å². The normalized spacial score (nSPS) is 31.1. The van der Waals surface area contributed by atoms with Gasteiger partial charge in [0.2, 0.25) is 10.0 Å². The number of halogens is 1. The number of hydrogen-bond donors (Lipinski definition) is 1. The van der Waals surface area contributed by atoms with Crippen LogP contribution >= 0.6 is 22.9 Å². The standard InChI is InChI=1S/C12H16ClNO2S2/c13-11-3-4-12(17-11)18(15,16)14-7-10-6-8-1-2-9(10)5-8/h3-4,8-10,14H,1-2,5-7H2/t8-,9-,10+/m0/s1. The summed E-state index contributed by atoms with van der Waals surface area (Å²) in [6.45, 7) is 0.582. The van der Waals surface area contributed by atoms with Crippen LogP contribution in [0.5, 0.6) is 0 Å². The van der Waals surface area contributed by atoms with Crippen molar-refractivity contribution >= 4 is 33.0 Å². The van der Waals surface area contributed by atoms with Crippen LogP contribution in [-0.2, 0) is 10.0 Å².